The van der Waals surface area contributed by atoms with Gasteiger partial charge in [0.05, 0.1) is 31.0 Å². The van der Waals surface area contributed by atoms with E-state index >= 15 is 0 Å². The van der Waals surface area contributed by atoms with Crippen LogP contribution in [0, 0.1) is 0 Å². The molecular weight excluding hydrogens is 486 g/mol. The Morgan fingerprint density at radius 2 is 1.86 bits per heavy atom. The fourth-order valence-corrected chi connectivity index (χ4v) is 4.21. The first-order valence-corrected chi connectivity index (χ1v) is 12.0. The lowest BCUT2D eigenvalue weighted by molar-refractivity contribution is 0.106. The van der Waals surface area contributed by atoms with E-state index in [2.05, 4.69) is 21.4 Å². The van der Waals surface area contributed by atoms with Crippen LogP contribution in [0.5, 0.6) is 17.2 Å². The van der Waals surface area contributed by atoms with Crippen LogP contribution in [0.2, 0.25) is 0 Å². The number of aliphatic hydroxyl groups excluding tert-OH is 1. The van der Waals surface area contributed by atoms with Gasteiger partial charge in [0, 0.05) is 12.1 Å². The first-order chi connectivity index (χ1) is 16.7. The molecule has 1 atom stereocenters. The summed E-state index contributed by atoms with van der Waals surface area (Å²) < 4.78 is 16.3. The molecule has 0 unspecified atom stereocenters. The number of ether oxygens (including phenoxy) is 3. The minimum Gasteiger partial charge on any atom is -0.493 e. The van der Waals surface area contributed by atoms with Crippen molar-refractivity contribution in [3.63, 3.8) is 0 Å². The number of nitrogens with one attached hydrogen (secondary N) is 2. The Balaban J connectivity index is 0.00000342. The number of benzene rings is 2. The van der Waals surface area contributed by atoms with Crippen molar-refractivity contribution in [3.8, 4) is 39.2 Å². The van der Waals surface area contributed by atoms with Crippen LogP contribution in [0.4, 0.5) is 0 Å². The van der Waals surface area contributed by atoms with E-state index in [4.69, 9.17) is 14.2 Å². The molecule has 0 saturated heterocycles. The van der Waals surface area contributed by atoms with Gasteiger partial charge in [-0.2, -0.15) is 0 Å². The van der Waals surface area contributed by atoms with Crippen molar-refractivity contribution in [2.45, 2.75) is 12.5 Å². The Hall–Kier alpha value is -3.04. The van der Waals surface area contributed by atoms with Crippen molar-refractivity contribution >= 4 is 23.7 Å². The summed E-state index contributed by atoms with van der Waals surface area (Å²) in [6.45, 7) is 1.40. The number of H-pyrrole nitrogens is 1. The first kappa shape index (κ1) is 26.6. The van der Waals surface area contributed by atoms with Crippen LogP contribution >= 0.6 is 23.7 Å². The van der Waals surface area contributed by atoms with Crippen molar-refractivity contribution in [3.05, 3.63) is 71.7 Å². The molecule has 186 valence electrons. The van der Waals surface area contributed by atoms with Gasteiger partial charge in [-0.15, -0.1) is 23.7 Å². The average molecular weight is 516 g/mol. The van der Waals surface area contributed by atoms with Gasteiger partial charge in [-0.05, 0) is 66.4 Å². The number of methoxy groups -OCH3 is 2. The van der Waals surface area contributed by atoms with E-state index in [1.807, 2.05) is 60.1 Å². The minimum atomic E-state index is -0.608. The molecular formula is C26H30ClN3O4S. The predicted octanol–water partition coefficient (Wildman–Crippen LogP) is 4.82. The lowest BCUT2D eigenvalue weighted by atomic mass is 10.1. The van der Waals surface area contributed by atoms with Gasteiger partial charge in [0.2, 0.25) is 0 Å². The molecule has 4 aromatic rings. The quantitative estimate of drug-likeness (QED) is 0.234. The number of thiophene rings is 1. The number of rotatable bonds is 12. The maximum Gasteiger partial charge on any atom is 0.160 e. The van der Waals surface area contributed by atoms with Gasteiger partial charge in [0.1, 0.15) is 24.3 Å². The van der Waals surface area contributed by atoms with Crippen LogP contribution in [0.25, 0.3) is 22.0 Å². The van der Waals surface area contributed by atoms with Gasteiger partial charge in [0.25, 0.3) is 0 Å². The van der Waals surface area contributed by atoms with Gasteiger partial charge in [-0.3, -0.25) is 0 Å². The number of hydrogen-bond donors (Lipinski definition) is 3. The second-order valence-corrected chi connectivity index (χ2v) is 8.70. The third-order valence-electron chi connectivity index (χ3n) is 5.35. The van der Waals surface area contributed by atoms with E-state index < -0.39 is 6.10 Å². The summed E-state index contributed by atoms with van der Waals surface area (Å²) in [7, 11) is 3.25. The molecule has 0 amide bonds. The third kappa shape index (κ3) is 7.22. The summed E-state index contributed by atoms with van der Waals surface area (Å²) in [5.41, 5.74) is 3.12. The number of aromatic amines is 1. The molecule has 4 rings (SSSR count). The SMILES string of the molecule is COc1ccc(CCNC[C@H](O)COc2ccc(-c3ncc(-c4cccs4)[nH]3)cc2)cc1OC.Cl. The van der Waals surface area contributed by atoms with Crippen molar-refractivity contribution in [2.75, 3.05) is 33.9 Å². The monoisotopic (exact) mass is 515 g/mol. The van der Waals surface area contributed by atoms with Gasteiger partial charge in [0.15, 0.2) is 11.5 Å². The summed E-state index contributed by atoms with van der Waals surface area (Å²) in [4.78, 5) is 8.99. The van der Waals surface area contributed by atoms with Crippen LogP contribution in [0.15, 0.2) is 66.2 Å². The molecule has 7 nitrogen and oxygen atoms in total. The smallest absolute Gasteiger partial charge is 0.160 e. The maximum absolute atomic E-state index is 10.2. The highest BCUT2D eigenvalue weighted by atomic mass is 35.5. The molecule has 2 heterocycles. The van der Waals surface area contributed by atoms with Gasteiger partial charge in [-0.1, -0.05) is 12.1 Å². The number of aromatic nitrogens is 2. The van der Waals surface area contributed by atoms with Crippen molar-refractivity contribution in [1.82, 2.24) is 15.3 Å². The van der Waals surface area contributed by atoms with Gasteiger partial charge < -0.3 is 29.6 Å². The maximum atomic E-state index is 10.2. The normalized spacial score (nSPS) is 11.5. The third-order valence-corrected chi connectivity index (χ3v) is 6.25. The molecule has 0 aliphatic rings. The molecule has 2 aromatic heterocycles. The molecule has 3 N–H and O–H groups in total. The zero-order valence-corrected chi connectivity index (χ0v) is 21.3. The van der Waals surface area contributed by atoms with E-state index in [-0.39, 0.29) is 19.0 Å². The lowest BCUT2D eigenvalue weighted by Crippen LogP contribution is -2.32. The molecule has 2 aromatic carbocycles. The van der Waals surface area contributed by atoms with Crippen LogP contribution in [-0.2, 0) is 6.42 Å². The number of imidazole rings is 1. The molecule has 9 heteroatoms. The zero-order chi connectivity index (χ0) is 23.8. The summed E-state index contributed by atoms with van der Waals surface area (Å²) in [6, 6.07) is 17.7. The Morgan fingerprint density at radius 1 is 1.06 bits per heavy atom. The number of nitrogens with zero attached hydrogens (tertiary/aromatic N) is 1. The molecule has 0 spiro atoms. The summed E-state index contributed by atoms with van der Waals surface area (Å²) in [5.74, 6) is 2.95. The fraction of sp³-hybridized carbons (Fsp3) is 0.269. The fourth-order valence-electron chi connectivity index (χ4n) is 3.52. The van der Waals surface area contributed by atoms with Gasteiger partial charge in [-0.25, -0.2) is 4.98 Å². The second-order valence-electron chi connectivity index (χ2n) is 7.76. The van der Waals surface area contributed by atoms with Gasteiger partial charge >= 0.3 is 0 Å². The first-order valence-electron chi connectivity index (χ1n) is 11.1. The zero-order valence-electron chi connectivity index (χ0n) is 19.7. The summed E-state index contributed by atoms with van der Waals surface area (Å²) >= 11 is 1.67. The summed E-state index contributed by atoms with van der Waals surface area (Å²) in [6.07, 6.45) is 2.06. The Kier molecular flexibility index (Phi) is 9.98. The molecule has 0 radical (unpaired) electrons. The highest BCUT2D eigenvalue weighted by molar-refractivity contribution is 7.13. The van der Waals surface area contributed by atoms with Crippen molar-refractivity contribution < 1.29 is 19.3 Å². The highest BCUT2D eigenvalue weighted by Gasteiger charge is 2.09. The topological polar surface area (TPSA) is 88.6 Å². The molecule has 0 fully saturated rings. The van der Waals surface area contributed by atoms with E-state index in [0.717, 1.165) is 46.2 Å². The van der Waals surface area contributed by atoms with Crippen LogP contribution in [-0.4, -0.2) is 55.1 Å². The second kappa shape index (κ2) is 13.2. The number of hydrogen-bond acceptors (Lipinski definition) is 7. The van der Waals surface area contributed by atoms with Crippen LogP contribution < -0.4 is 19.5 Å². The van der Waals surface area contributed by atoms with Crippen LogP contribution in [0.1, 0.15) is 5.56 Å². The molecule has 0 saturated carbocycles. The molecule has 0 aliphatic carbocycles. The Bertz CT molecular complexity index is 1170. The standard InChI is InChI=1S/C26H29N3O4S.ClH/c1-31-23-10-5-18(14-24(23)32-2)11-12-27-15-20(30)17-33-21-8-6-19(7-9-21)26-28-16-22(29-26)25-4-3-13-34-25;/h3-10,13-14,16,20,27,30H,11-12,15,17H2,1-2H3,(H,28,29);1H/t20-;/m0./s1. The lowest BCUT2D eigenvalue weighted by Gasteiger charge is -2.14. The predicted molar refractivity (Wildman–Crippen MR) is 142 cm³/mol. The minimum absolute atomic E-state index is 0. The van der Waals surface area contributed by atoms with E-state index in [1.165, 1.54) is 0 Å². The number of halogens is 1. The average Bonchev–Trinajstić information content (AvgIpc) is 3.58. The Morgan fingerprint density at radius 3 is 2.57 bits per heavy atom. The van der Waals surface area contributed by atoms with Crippen molar-refractivity contribution in [2.24, 2.45) is 0 Å². The molecule has 35 heavy (non-hydrogen) atoms. The van der Waals surface area contributed by atoms with Crippen LogP contribution in [0.3, 0.4) is 0 Å². The summed E-state index contributed by atoms with van der Waals surface area (Å²) in [5, 5.41) is 15.6. The van der Waals surface area contributed by atoms with E-state index in [9.17, 15) is 5.11 Å². The van der Waals surface area contributed by atoms with Crippen molar-refractivity contribution in [1.29, 1.82) is 0 Å². The Labute approximate surface area is 215 Å². The number of aliphatic hydroxyl groups is 1. The van der Waals surface area contributed by atoms with E-state index in [1.54, 1.807) is 25.6 Å². The highest BCUT2D eigenvalue weighted by Crippen LogP contribution is 2.28. The molecule has 0 aliphatic heterocycles. The van der Waals surface area contributed by atoms with E-state index in [0.29, 0.717) is 18.0 Å². The largest absolute Gasteiger partial charge is 0.493 e. The molecule has 0 bridgehead atoms.